The molecule has 0 aliphatic rings. The summed E-state index contributed by atoms with van der Waals surface area (Å²) in [5.41, 5.74) is 0.950. The average Bonchev–Trinajstić information content (AvgIpc) is 2.71. The lowest BCUT2D eigenvalue weighted by atomic mass is 10.2. The third-order valence-corrected chi connectivity index (χ3v) is 2.07. The molecule has 1 aromatic rings. The van der Waals surface area contributed by atoms with Crippen LogP contribution in [0.4, 0.5) is 0 Å². The Morgan fingerprint density at radius 1 is 1.53 bits per heavy atom. The van der Waals surface area contributed by atoms with Crippen LogP contribution in [0.5, 0.6) is 0 Å². The molecule has 0 radical (unpaired) electrons. The van der Waals surface area contributed by atoms with Crippen LogP contribution in [-0.4, -0.2) is 34.1 Å². The zero-order valence-corrected chi connectivity index (χ0v) is 8.70. The maximum Gasteiger partial charge on any atom is 0.220 e. The van der Waals surface area contributed by atoms with Crippen molar-refractivity contribution in [1.29, 1.82) is 0 Å². The van der Waals surface area contributed by atoms with Gasteiger partial charge in [-0.15, -0.1) is 0 Å². The van der Waals surface area contributed by atoms with Gasteiger partial charge in [0.25, 0.3) is 0 Å². The molecule has 1 amide bonds. The molecule has 1 heterocycles. The van der Waals surface area contributed by atoms with Crippen LogP contribution in [0.2, 0.25) is 0 Å². The lowest BCUT2D eigenvalue weighted by Crippen LogP contribution is -2.25. The van der Waals surface area contributed by atoms with Gasteiger partial charge >= 0.3 is 0 Å². The maximum atomic E-state index is 11.2. The molecule has 0 atom stereocenters. The first-order valence-corrected chi connectivity index (χ1v) is 5.18. The summed E-state index contributed by atoms with van der Waals surface area (Å²) in [6, 6.07) is 0. The number of amides is 1. The van der Waals surface area contributed by atoms with E-state index in [2.05, 4.69) is 15.3 Å². The molecular formula is C10H17N3O2. The summed E-state index contributed by atoms with van der Waals surface area (Å²) in [6.45, 7) is 0.767. The maximum absolute atomic E-state index is 11.2. The first kappa shape index (κ1) is 11.7. The van der Waals surface area contributed by atoms with Crippen LogP contribution in [0.1, 0.15) is 25.0 Å². The zero-order chi connectivity index (χ0) is 10.9. The van der Waals surface area contributed by atoms with Gasteiger partial charge in [0.2, 0.25) is 5.91 Å². The van der Waals surface area contributed by atoms with Crippen LogP contribution in [0, 0.1) is 0 Å². The van der Waals surface area contributed by atoms with E-state index in [1.165, 1.54) is 0 Å². The van der Waals surface area contributed by atoms with Crippen molar-refractivity contribution in [3.05, 3.63) is 18.2 Å². The zero-order valence-electron chi connectivity index (χ0n) is 8.70. The van der Waals surface area contributed by atoms with Gasteiger partial charge in [-0.05, 0) is 12.8 Å². The van der Waals surface area contributed by atoms with E-state index in [1.807, 2.05) is 6.20 Å². The first-order chi connectivity index (χ1) is 7.33. The molecule has 0 saturated heterocycles. The molecule has 0 bridgehead atoms. The van der Waals surface area contributed by atoms with Crippen LogP contribution in [-0.2, 0) is 11.2 Å². The predicted molar refractivity (Wildman–Crippen MR) is 56.2 cm³/mol. The van der Waals surface area contributed by atoms with Crippen molar-refractivity contribution in [3.8, 4) is 0 Å². The minimum absolute atomic E-state index is 0.0407. The number of imidazole rings is 1. The van der Waals surface area contributed by atoms with Crippen molar-refractivity contribution < 1.29 is 9.90 Å². The smallest absolute Gasteiger partial charge is 0.220 e. The molecule has 15 heavy (non-hydrogen) atoms. The number of carbonyl (C=O) groups is 1. The number of nitrogens with one attached hydrogen (secondary N) is 2. The summed E-state index contributed by atoms with van der Waals surface area (Å²) in [4.78, 5) is 18.1. The summed E-state index contributed by atoms with van der Waals surface area (Å²) in [5, 5.41) is 11.3. The number of aliphatic hydroxyl groups excluding tert-OH is 1. The van der Waals surface area contributed by atoms with E-state index in [0.717, 1.165) is 18.5 Å². The van der Waals surface area contributed by atoms with Crippen molar-refractivity contribution in [2.24, 2.45) is 0 Å². The highest BCUT2D eigenvalue weighted by atomic mass is 16.2. The molecule has 1 aromatic heterocycles. The van der Waals surface area contributed by atoms with Crippen molar-refractivity contribution in [2.45, 2.75) is 25.7 Å². The third-order valence-electron chi connectivity index (χ3n) is 2.07. The summed E-state index contributed by atoms with van der Waals surface area (Å²) < 4.78 is 0. The Hall–Kier alpha value is -1.36. The van der Waals surface area contributed by atoms with E-state index in [9.17, 15) is 4.79 Å². The van der Waals surface area contributed by atoms with E-state index in [1.54, 1.807) is 6.33 Å². The molecule has 0 unspecified atom stereocenters. The minimum Gasteiger partial charge on any atom is -0.396 e. The predicted octanol–water partition coefficient (Wildman–Crippen LogP) is 0.231. The lowest BCUT2D eigenvalue weighted by molar-refractivity contribution is -0.121. The molecule has 5 heteroatoms. The van der Waals surface area contributed by atoms with E-state index >= 15 is 0 Å². The van der Waals surface area contributed by atoms with Gasteiger partial charge in [-0.1, -0.05) is 0 Å². The van der Waals surface area contributed by atoms with Crippen LogP contribution in [0.25, 0.3) is 0 Å². The molecule has 0 aliphatic heterocycles. The van der Waals surface area contributed by atoms with E-state index in [0.29, 0.717) is 19.4 Å². The second-order valence-electron chi connectivity index (χ2n) is 3.34. The highest BCUT2D eigenvalue weighted by molar-refractivity contribution is 5.75. The Kier molecular flexibility index (Phi) is 5.47. The van der Waals surface area contributed by atoms with Gasteiger partial charge in [-0.2, -0.15) is 0 Å². The molecule has 0 fully saturated rings. The normalized spacial score (nSPS) is 10.2. The Labute approximate surface area is 88.9 Å². The number of hydrogen-bond acceptors (Lipinski definition) is 3. The van der Waals surface area contributed by atoms with Crippen LogP contribution in [0.15, 0.2) is 12.5 Å². The number of nitrogens with zero attached hydrogens (tertiary/aromatic N) is 1. The largest absolute Gasteiger partial charge is 0.396 e. The van der Waals surface area contributed by atoms with Gasteiger partial charge in [0.05, 0.1) is 12.0 Å². The third kappa shape index (κ3) is 5.17. The Bertz CT molecular complexity index is 272. The molecule has 84 valence electrons. The van der Waals surface area contributed by atoms with Gasteiger partial charge < -0.3 is 15.4 Å². The van der Waals surface area contributed by atoms with Gasteiger partial charge in [0, 0.05) is 32.2 Å². The number of aromatic amines is 1. The van der Waals surface area contributed by atoms with Crippen molar-refractivity contribution in [1.82, 2.24) is 15.3 Å². The summed E-state index contributed by atoms with van der Waals surface area (Å²) in [7, 11) is 0. The van der Waals surface area contributed by atoms with E-state index < -0.39 is 0 Å². The molecule has 5 nitrogen and oxygen atoms in total. The number of unbranched alkanes of at least 4 members (excludes halogenated alkanes) is 1. The summed E-state index contributed by atoms with van der Waals surface area (Å²) >= 11 is 0. The Morgan fingerprint density at radius 3 is 3.07 bits per heavy atom. The molecule has 0 spiro atoms. The monoisotopic (exact) mass is 211 g/mol. The fourth-order valence-corrected chi connectivity index (χ4v) is 1.24. The van der Waals surface area contributed by atoms with Gasteiger partial charge in [0.1, 0.15) is 0 Å². The molecule has 1 rings (SSSR count). The lowest BCUT2D eigenvalue weighted by Gasteiger charge is -2.02. The number of H-pyrrole nitrogens is 1. The Balaban J connectivity index is 2.02. The summed E-state index contributed by atoms with van der Waals surface area (Å²) in [5.74, 6) is 0.0407. The van der Waals surface area contributed by atoms with Gasteiger partial charge in [-0.25, -0.2) is 4.98 Å². The molecule has 3 N–H and O–H groups in total. The number of rotatable bonds is 7. The number of hydrogen-bond donors (Lipinski definition) is 3. The van der Waals surface area contributed by atoms with Crippen molar-refractivity contribution in [3.63, 3.8) is 0 Å². The number of carbonyl (C=O) groups excluding carboxylic acids is 1. The first-order valence-electron chi connectivity index (χ1n) is 5.18. The number of aromatic nitrogens is 2. The standard InChI is InChI=1S/C10H17N3O2/c14-6-2-1-3-10(15)12-5-4-9-7-11-8-13-9/h7-8,14H,1-6H2,(H,11,13)(H,12,15). The fraction of sp³-hybridized carbons (Fsp3) is 0.600. The average molecular weight is 211 g/mol. The Morgan fingerprint density at radius 2 is 2.40 bits per heavy atom. The second-order valence-corrected chi connectivity index (χ2v) is 3.34. The van der Waals surface area contributed by atoms with Crippen molar-refractivity contribution in [2.75, 3.05) is 13.2 Å². The van der Waals surface area contributed by atoms with Gasteiger partial charge in [-0.3, -0.25) is 4.79 Å². The molecular weight excluding hydrogens is 194 g/mol. The highest BCUT2D eigenvalue weighted by Gasteiger charge is 2.00. The number of aliphatic hydroxyl groups is 1. The topological polar surface area (TPSA) is 78.0 Å². The van der Waals surface area contributed by atoms with Crippen LogP contribution >= 0.6 is 0 Å². The molecule has 0 saturated carbocycles. The minimum atomic E-state index is 0.0407. The van der Waals surface area contributed by atoms with Crippen molar-refractivity contribution >= 4 is 5.91 Å². The van der Waals surface area contributed by atoms with E-state index in [-0.39, 0.29) is 12.5 Å². The SMILES string of the molecule is O=C(CCCCO)NCCc1c[nH]cn1. The molecule has 0 aliphatic carbocycles. The summed E-state index contributed by atoms with van der Waals surface area (Å²) in [6.07, 6.45) is 6.10. The van der Waals surface area contributed by atoms with Crippen LogP contribution < -0.4 is 5.32 Å². The second kappa shape index (κ2) is 7.00. The fourth-order valence-electron chi connectivity index (χ4n) is 1.24. The molecule has 0 aromatic carbocycles. The highest BCUT2D eigenvalue weighted by Crippen LogP contribution is 1.94. The van der Waals surface area contributed by atoms with Crippen LogP contribution in [0.3, 0.4) is 0 Å². The van der Waals surface area contributed by atoms with E-state index in [4.69, 9.17) is 5.11 Å². The quantitative estimate of drug-likeness (QED) is 0.565. The van der Waals surface area contributed by atoms with Gasteiger partial charge in [0.15, 0.2) is 0 Å².